The fourth-order valence-electron chi connectivity index (χ4n) is 4.34. The summed E-state index contributed by atoms with van der Waals surface area (Å²) in [5, 5.41) is 23.1. The Labute approximate surface area is 205 Å². The summed E-state index contributed by atoms with van der Waals surface area (Å²) >= 11 is 0. The number of aromatic hydroxyl groups is 2. The molecular formula is C29H24O7. The number of hydrogen-bond acceptors (Lipinski definition) is 7. The number of ether oxygens (including phenoxy) is 1. The van der Waals surface area contributed by atoms with Crippen LogP contribution in [0.2, 0.25) is 0 Å². The van der Waals surface area contributed by atoms with Crippen molar-refractivity contribution in [1.82, 2.24) is 0 Å². The van der Waals surface area contributed by atoms with E-state index in [0.717, 1.165) is 6.42 Å². The lowest BCUT2D eigenvalue weighted by molar-refractivity contribution is 0.217. The SMILES string of the molecule is CCC(C)Oc1ccc(C(c2c(O)c3ccccc3oc2=O)c2c(O)c3ccccc3oc2=O)cc1. The third kappa shape index (κ3) is 3.98. The highest BCUT2D eigenvalue weighted by molar-refractivity contribution is 5.86. The zero-order chi connectivity index (χ0) is 25.4. The lowest BCUT2D eigenvalue weighted by Gasteiger charge is -2.20. The largest absolute Gasteiger partial charge is 0.507 e. The zero-order valence-electron chi connectivity index (χ0n) is 19.7. The molecule has 0 saturated carbocycles. The van der Waals surface area contributed by atoms with E-state index >= 15 is 0 Å². The highest BCUT2D eigenvalue weighted by Gasteiger charge is 2.32. The van der Waals surface area contributed by atoms with Crippen LogP contribution in [0.15, 0.2) is 91.2 Å². The molecule has 3 aromatic carbocycles. The van der Waals surface area contributed by atoms with Crippen molar-refractivity contribution in [1.29, 1.82) is 0 Å². The summed E-state index contributed by atoms with van der Waals surface area (Å²) in [6.45, 7) is 3.96. The maximum absolute atomic E-state index is 13.2. The highest BCUT2D eigenvalue weighted by Crippen LogP contribution is 2.42. The molecule has 5 rings (SSSR count). The van der Waals surface area contributed by atoms with E-state index in [1.54, 1.807) is 72.8 Å². The Morgan fingerprint density at radius 3 is 1.69 bits per heavy atom. The van der Waals surface area contributed by atoms with Gasteiger partial charge in [-0.3, -0.25) is 0 Å². The lowest BCUT2D eigenvalue weighted by atomic mass is 9.84. The number of fused-ring (bicyclic) bond motifs is 2. The maximum atomic E-state index is 13.2. The van der Waals surface area contributed by atoms with E-state index in [9.17, 15) is 19.8 Å². The normalized spacial score (nSPS) is 12.3. The van der Waals surface area contributed by atoms with Crippen molar-refractivity contribution in [3.8, 4) is 17.2 Å². The van der Waals surface area contributed by atoms with Gasteiger partial charge in [-0.1, -0.05) is 43.3 Å². The first-order valence-electron chi connectivity index (χ1n) is 11.6. The van der Waals surface area contributed by atoms with E-state index in [0.29, 0.717) is 22.1 Å². The molecule has 7 heteroatoms. The van der Waals surface area contributed by atoms with Gasteiger partial charge in [-0.2, -0.15) is 0 Å². The van der Waals surface area contributed by atoms with Gasteiger partial charge >= 0.3 is 11.3 Å². The molecule has 7 nitrogen and oxygen atoms in total. The first-order valence-corrected chi connectivity index (χ1v) is 11.6. The molecule has 2 heterocycles. The summed E-state index contributed by atoms with van der Waals surface area (Å²) in [5.41, 5.74) is -1.15. The second-order valence-electron chi connectivity index (χ2n) is 8.63. The zero-order valence-corrected chi connectivity index (χ0v) is 19.7. The molecule has 0 aliphatic carbocycles. The fourth-order valence-corrected chi connectivity index (χ4v) is 4.34. The molecule has 0 radical (unpaired) electrons. The second kappa shape index (κ2) is 9.26. The van der Waals surface area contributed by atoms with E-state index in [1.165, 1.54) is 0 Å². The first kappa shape index (κ1) is 23.2. The Balaban J connectivity index is 1.80. The third-order valence-electron chi connectivity index (χ3n) is 6.34. The standard InChI is InChI=1S/C29H24O7/c1-3-16(2)34-18-14-12-17(13-15-18)23(24-26(30)19-8-4-6-10-21(19)35-28(24)32)25-27(31)20-9-5-7-11-22(20)36-29(25)33/h4-16,23,30-31H,3H2,1-2H3. The minimum absolute atomic E-state index is 0.000185. The summed E-state index contributed by atoms with van der Waals surface area (Å²) in [5.74, 6) is -1.24. The van der Waals surface area contributed by atoms with Crippen molar-refractivity contribution in [2.24, 2.45) is 0 Å². The molecule has 182 valence electrons. The topological polar surface area (TPSA) is 110 Å². The Kier molecular flexibility index (Phi) is 5.98. The molecule has 0 bridgehead atoms. The van der Waals surface area contributed by atoms with Crippen molar-refractivity contribution >= 4 is 21.9 Å². The molecule has 1 unspecified atom stereocenters. The summed E-state index contributed by atoms with van der Waals surface area (Å²) in [6, 6.07) is 19.9. The molecule has 0 spiro atoms. The third-order valence-corrected chi connectivity index (χ3v) is 6.34. The quantitative estimate of drug-likeness (QED) is 0.299. The van der Waals surface area contributed by atoms with Crippen LogP contribution in [0.25, 0.3) is 21.9 Å². The van der Waals surface area contributed by atoms with Crippen LogP contribution in [0.5, 0.6) is 17.2 Å². The summed E-state index contributed by atoms with van der Waals surface area (Å²) < 4.78 is 16.9. The Bertz CT molecular complexity index is 1580. The van der Waals surface area contributed by atoms with Crippen molar-refractivity contribution in [3.05, 3.63) is 110 Å². The maximum Gasteiger partial charge on any atom is 0.344 e. The smallest absolute Gasteiger partial charge is 0.344 e. The Morgan fingerprint density at radius 1 is 0.750 bits per heavy atom. The van der Waals surface area contributed by atoms with Gasteiger partial charge in [0.05, 0.1) is 33.9 Å². The van der Waals surface area contributed by atoms with Crippen molar-refractivity contribution in [3.63, 3.8) is 0 Å². The van der Waals surface area contributed by atoms with Gasteiger partial charge in [0.25, 0.3) is 0 Å². The van der Waals surface area contributed by atoms with Crippen LogP contribution in [-0.4, -0.2) is 16.3 Å². The number of rotatable bonds is 6. The summed E-state index contributed by atoms with van der Waals surface area (Å²) in [6.07, 6.45) is 0.822. The minimum atomic E-state index is -1.18. The van der Waals surface area contributed by atoms with Crippen LogP contribution in [0.4, 0.5) is 0 Å². The summed E-state index contributed by atoms with van der Waals surface area (Å²) in [7, 11) is 0. The van der Waals surface area contributed by atoms with Crippen LogP contribution in [0, 0.1) is 0 Å². The Morgan fingerprint density at radius 2 is 1.22 bits per heavy atom. The van der Waals surface area contributed by atoms with E-state index < -0.39 is 17.2 Å². The average Bonchev–Trinajstić information content (AvgIpc) is 2.88. The molecule has 2 aromatic heterocycles. The van der Waals surface area contributed by atoms with Crippen LogP contribution in [0.1, 0.15) is 42.9 Å². The van der Waals surface area contributed by atoms with E-state index in [-0.39, 0.29) is 39.9 Å². The van der Waals surface area contributed by atoms with Crippen LogP contribution in [0.3, 0.4) is 0 Å². The predicted octanol–water partition coefficient (Wildman–Crippen LogP) is 5.67. The molecule has 0 aliphatic heterocycles. The lowest BCUT2D eigenvalue weighted by Crippen LogP contribution is -2.21. The fraction of sp³-hybridized carbons (Fsp3) is 0.172. The van der Waals surface area contributed by atoms with E-state index in [1.807, 2.05) is 13.8 Å². The van der Waals surface area contributed by atoms with Gasteiger partial charge < -0.3 is 23.8 Å². The van der Waals surface area contributed by atoms with Gasteiger partial charge in [0, 0.05) is 0 Å². The van der Waals surface area contributed by atoms with E-state index in [2.05, 4.69) is 0 Å². The van der Waals surface area contributed by atoms with Crippen LogP contribution in [-0.2, 0) is 0 Å². The molecule has 36 heavy (non-hydrogen) atoms. The predicted molar refractivity (Wildman–Crippen MR) is 136 cm³/mol. The molecule has 0 saturated heterocycles. The van der Waals surface area contributed by atoms with Gasteiger partial charge in [0.15, 0.2) is 0 Å². The number of para-hydroxylation sites is 2. The van der Waals surface area contributed by atoms with E-state index in [4.69, 9.17) is 13.6 Å². The number of hydrogen-bond donors (Lipinski definition) is 2. The van der Waals surface area contributed by atoms with Crippen molar-refractivity contribution in [2.75, 3.05) is 0 Å². The van der Waals surface area contributed by atoms with Gasteiger partial charge in [-0.15, -0.1) is 0 Å². The molecule has 0 aliphatic rings. The molecular weight excluding hydrogens is 460 g/mol. The summed E-state index contributed by atoms with van der Waals surface area (Å²) in [4.78, 5) is 26.4. The molecule has 2 N–H and O–H groups in total. The minimum Gasteiger partial charge on any atom is -0.507 e. The van der Waals surface area contributed by atoms with Gasteiger partial charge in [0.1, 0.15) is 28.4 Å². The monoisotopic (exact) mass is 484 g/mol. The number of benzene rings is 3. The van der Waals surface area contributed by atoms with Crippen molar-refractivity contribution in [2.45, 2.75) is 32.3 Å². The molecule has 0 amide bonds. The molecule has 0 fully saturated rings. The highest BCUT2D eigenvalue weighted by atomic mass is 16.5. The van der Waals surface area contributed by atoms with Crippen LogP contribution < -0.4 is 16.0 Å². The van der Waals surface area contributed by atoms with Gasteiger partial charge in [0.2, 0.25) is 0 Å². The first-order chi connectivity index (χ1) is 17.4. The average molecular weight is 485 g/mol. The van der Waals surface area contributed by atoms with Gasteiger partial charge in [-0.05, 0) is 55.3 Å². The second-order valence-corrected chi connectivity index (χ2v) is 8.63. The van der Waals surface area contributed by atoms with Gasteiger partial charge in [-0.25, -0.2) is 9.59 Å². The molecule has 5 aromatic rings. The van der Waals surface area contributed by atoms with Crippen LogP contribution >= 0.6 is 0 Å². The van der Waals surface area contributed by atoms with Crippen molar-refractivity contribution < 1.29 is 23.8 Å². The molecule has 1 atom stereocenters. The Hall–Kier alpha value is -4.52.